The Morgan fingerprint density at radius 3 is 3.00 bits per heavy atom. The summed E-state index contributed by atoms with van der Waals surface area (Å²) in [4.78, 5) is 18.9. The summed E-state index contributed by atoms with van der Waals surface area (Å²) in [5.41, 5.74) is 1.52. The van der Waals surface area contributed by atoms with Crippen LogP contribution in [0.4, 0.5) is 0 Å². The van der Waals surface area contributed by atoms with Crippen LogP contribution in [0.5, 0.6) is 0 Å². The second-order valence-corrected chi connectivity index (χ2v) is 6.32. The van der Waals surface area contributed by atoms with Gasteiger partial charge in [0.1, 0.15) is 4.88 Å². The zero-order chi connectivity index (χ0) is 14.0. The highest BCUT2D eigenvalue weighted by molar-refractivity contribution is 7.11. The van der Waals surface area contributed by atoms with Crippen LogP contribution in [-0.2, 0) is 9.47 Å². The quantitative estimate of drug-likeness (QED) is 0.837. The molecule has 1 spiro atoms. The van der Waals surface area contributed by atoms with Crippen molar-refractivity contribution in [3.63, 3.8) is 0 Å². The molecule has 0 bridgehead atoms. The summed E-state index contributed by atoms with van der Waals surface area (Å²) in [5.74, 6) is 0.0899. The van der Waals surface area contributed by atoms with Crippen molar-refractivity contribution in [1.82, 2.24) is 9.88 Å². The number of rotatable bonds is 2. The number of hydrogen-bond acceptors (Lipinski definition) is 5. The first-order chi connectivity index (χ1) is 9.75. The van der Waals surface area contributed by atoms with E-state index >= 15 is 0 Å². The largest absolute Gasteiger partial charge is 0.378 e. The van der Waals surface area contributed by atoms with Crippen LogP contribution in [0, 0.1) is 0 Å². The smallest absolute Gasteiger partial charge is 0.265 e. The predicted molar refractivity (Wildman–Crippen MR) is 76.0 cm³/mol. The molecule has 2 aliphatic heterocycles. The molecule has 0 aliphatic carbocycles. The molecule has 0 aromatic carbocycles. The zero-order valence-electron chi connectivity index (χ0n) is 11.7. The van der Waals surface area contributed by atoms with Crippen molar-refractivity contribution in [1.29, 1.82) is 0 Å². The van der Waals surface area contributed by atoms with Gasteiger partial charge in [-0.25, -0.2) is 0 Å². The van der Waals surface area contributed by atoms with Crippen LogP contribution in [0.25, 0.3) is 0 Å². The fourth-order valence-corrected chi connectivity index (χ4v) is 3.85. The van der Waals surface area contributed by atoms with Crippen molar-refractivity contribution >= 4 is 17.2 Å². The Balaban J connectivity index is 1.65. The molecule has 0 N–H and O–H groups in total. The average Bonchev–Trinajstić information content (AvgIpc) is 3.02. The molecule has 2 saturated heterocycles. The molecule has 2 fully saturated rings. The summed E-state index contributed by atoms with van der Waals surface area (Å²) in [6.45, 7) is 2.27. The molecule has 110 valence electrons. The highest BCUT2D eigenvalue weighted by Gasteiger charge is 2.45. The lowest BCUT2D eigenvalue weighted by Gasteiger charge is -2.47. The number of carbonyl (C=O) groups is 1. The standard InChI is InChI=1S/C14H20N2O3S/c1-18-12-3-2-8-19-14(12)4-6-16(7-5-14)13(17)11-9-15-10-20-11/h9-10,12H,2-8H2,1H3/t12-/m0/s1. The van der Waals surface area contributed by atoms with Crippen LogP contribution in [0.1, 0.15) is 35.4 Å². The third kappa shape index (κ3) is 2.47. The van der Waals surface area contributed by atoms with Crippen LogP contribution in [0.2, 0.25) is 0 Å². The van der Waals surface area contributed by atoms with Crippen LogP contribution in [-0.4, -0.2) is 54.3 Å². The lowest BCUT2D eigenvalue weighted by atomic mass is 9.82. The Kier molecular flexibility index (Phi) is 4.05. The van der Waals surface area contributed by atoms with Gasteiger partial charge in [-0.15, -0.1) is 11.3 Å². The second kappa shape index (κ2) is 5.79. The van der Waals surface area contributed by atoms with Crippen molar-refractivity contribution < 1.29 is 14.3 Å². The van der Waals surface area contributed by atoms with E-state index in [0.717, 1.165) is 45.4 Å². The van der Waals surface area contributed by atoms with Crippen LogP contribution < -0.4 is 0 Å². The van der Waals surface area contributed by atoms with Gasteiger partial charge in [-0.2, -0.15) is 0 Å². The summed E-state index contributed by atoms with van der Waals surface area (Å²) in [7, 11) is 1.76. The molecule has 2 aliphatic rings. The highest BCUT2D eigenvalue weighted by atomic mass is 32.1. The van der Waals surface area contributed by atoms with E-state index in [1.165, 1.54) is 11.3 Å². The van der Waals surface area contributed by atoms with Crippen molar-refractivity contribution in [2.24, 2.45) is 0 Å². The normalized spacial score (nSPS) is 25.9. The van der Waals surface area contributed by atoms with E-state index in [-0.39, 0.29) is 17.6 Å². The van der Waals surface area contributed by atoms with E-state index in [4.69, 9.17) is 9.47 Å². The molecule has 1 aromatic heterocycles. The van der Waals surface area contributed by atoms with Gasteiger partial charge >= 0.3 is 0 Å². The number of ether oxygens (including phenoxy) is 2. The summed E-state index contributed by atoms with van der Waals surface area (Å²) in [6.07, 6.45) is 5.64. The van der Waals surface area contributed by atoms with E-state index < -0.39 is 0 Å². The van der Waals surface area contributed by atoms with Gasteiger partial charge in [0, 0.05) is 26.8 Å². The number of hydrogen-bond donors (Lipinski definition) is 0. The van der Waals surface area contributed by atoms with Gasteiger partial charge in [0.25, 0.3) is 5.91 Å². The van der Waals surface area contributed by atoms with Gasteiger partial charge in [0.2, 0.25) is 0 Å². The number of thiazole rings is 1. The van der Waals surface area contributed by atoms with Gasteiger partial charge in [0.05, 0.1) is 23.4 Å². The Labute approximate surface area is 122 Å². The van der Waals surface area contributed by atoms with Crippen molar-refractivity contribution in [2.45, 2.75) is 37.4 Å². The number of likely N-dealkylation sites (tertiary alicyclic amines) is 1. The van der Waals surface area contributed by atoms with E-state index in [2.05, 4.69) is 4.98 Å². The Morgan fingerprint density at radius 1 is 1.55 bits per heavy atom. The molecule has 6 heteroatoms. The average molecular weight is 296 g/mol. The first-order valence-electron chi connectivity index (χ1n) is 7.10. The van der Waals surface area contributed by atoms with Crippen molar-refractivity contribution in [3.8, 4) is 0 Å². The van der Waals surface area contributed by atoms with Crippen LogP contribution >= 0.6 is 11.3 Å². The molecule has 0 saturated carbocycles. The number of aromatic nitrogens is 1. The molecular weight excluding hydrogens is 276 g/mol. The minimum atomic E-state index is -0.183. The summed E-state index contributed by atoms with van der Waals surface area (Å²) >= 11 is 1.40. The molecule has 3 heterocycles. The third-order valence-corrected chi connectivity index (χ3v) is 5.17. The van der Waals surface area contributed by atoms with Gasteiger partial charge in [-0.05, 0) is 25.7 Å². The van der Waals surface area contributed by atoms with Crippen molar-refractivity contribution in [2.75, 3.05) is 26.8 Å². The first kappa shape index (κ1) is 14.0. The first-order valence-corrected chi connectivity index (χ1v) is 7.98. The Bertz CT molecular complexity index is 455. The zero-order valence-corrected chi connectivity index (χ0v) is 12.5. The lowest BCUT2D eigenvalue weighted by molar-refractivity contribution is -0.183. The number of amides is 1. The number of nitrogens with zero attached hydrogens (tertiary/aromatic N) is 2. The van der Waals surface area contributed by atoms with Gasteiger partial charge < -0.3 is 14.4 Å². The molecule has 20 heavy (non-hydrogen) atoms. The SMILES string of the molecule is CO[C@H]1CCCOC12CCN(C(=O)c1cncs1)CC2. The molecular formula is C14H20N2O3S. The second-order valence-electron chi connectivity index (χ2n) is 5.44. The fourth-order valence-electron chi connectivity index (χ4n) is 3.26. The van der Waals surface area contributed by atoms with E-state index in [9.17, 15) is 4.79 Å². The van der Waals surface area contributed by atoms with Gasteiger partial charge in [-0.1, -0.05) is 0 Å². The van der Waals surface area contributed by atoms with Gasteiger partial charge in [-0.3, -0.25) is 9.78 Å². The number of carbonyl (C=O) groups excluding carboxylic acids is 1. The number of piperidine rings is 1. The maximum absolute atomic E-state index is 12.3. The lowest BCUT2D eigenvalue weighted by Crippen LogP contribution is -2.56. The van der Waals surface area contributed by atoms with Crippen molar-refractivity contribution in [3.05, 3.63) is 16.6 Å². The fraction of sp³-hybridized carbons (Fsp3) is 0.714. The Morgan fingerprint density at radius 2 is 2.35 bits per heavy atom. The van der Waals surface area contributed by atoms with Gasteiger partial charge in [0.15, 0.2) is 0 Å². The predicted octanol–water partition coefficient (Wildman–Crippen LogP) is 1.94. The van der Waals surface area contributed by atoms with E-state index in [1.54, 1.807) is 18.8 Å². The molecule has 0 unspecified atom stereocenters. The molecule has 1 aromatic rings. The van der Waals surface area contributed by atoms with Crippen LogP contribution in [0.15, 0.2) is 11.7 Å². The number of methoxy groups -OCH3 is 1. The van der Waals surface area contributed by atoms with E-state index in [1.807, 2.05) is 4.90 Å². The topological polar surface area (TPSA) is 51.7 Å². The molecule has 1 atom stereocenters. The maximum atomic E-state index is 12.3. The molecule has 1 amide bonds. The summed E-state index contributed by atoms with van der Waals surface area (Å²) in [6, 6.07) is 0. The van der Waals surface area contributed by atoms with E-state index in [0.29, 0.717) is 4.88 Å². The maximum Gasteiger partial charge on any atom is 0.265 e. The minimum Gasteiger partial charge on any atom is -0.378 e. The Hall–Kier alpha value is -0.980. The monoisotopic (exact) mass is 296 g/mol. The third-order valence-electron chi connectivity index (χ3n) is 4.41. The summed E-state index contributed by atoms with van der Waals surface area (Å²) in [5, 5.41) is 0. The molecule has 5 nitrogen and oxygen atoms in total. The minimum absolute atomic E-state index is 0.0899. The molecule has 0 radical (unpaired) electrons. The highest BCUT2D eigenvalue weighted by Crippen LogP contribution is 2.37. The van der Waals surface area contributed by atoms with Crippen LogP contribution in [0.3, 0.4) is 0 Å². The molecule has 3 rings (SSSR count). The summed E-state index contributed by atoms with van der Waals surface area (Å²) < 4.78 is 11.7.